The molecule has 2 N–H and O–H groups in total. The second-order valence-electron chi connectivity index (χ2n) is 9.59. The van der Waals surface area contributed by atoms with Gasteiger partial charge in [0.25, 0.3) is 0 Å². The zero-order valence-corrected chi connectivity index (χ0v) is 20.2. The van der Waals surface area contributed by atoms with Crippen LogP contribution in [0.15, 0.2) is 55.4 Å². The molecule has 0 amide bonds. The molecule has 2 saturated heterocycles. The second-order valence-corrected chi connectivity index (χ2v) is 9.59. The molecule has 37 heavy (non-hydrogen) atoms. The maximum atomic E-state index is 6.19. The van der Waals surface area contributed by atoms with Crippen LogP contribution >= 0.6 is 0 Å². The predicted molar refractivity (Wildman–Crippen MR) is 136 cm³/mol. The Kier molecular flexibility index (Phi) is 5.28. The van der Waals surface area contributed by atoms with Crippen molar-refractivity contribution < 1.29 is 9.47 Å². The van der Waals surface area contributed by atoms with E-state index >= 15 is 0 Å². The average Bonchev–Trinajstić information content (AvgIpc) is 3.51. The van der Waals surface area contributed by atoms with Gasteiger partial charge in [0.1, 0.15) is 41.3 Å². The van der Waals surface area contributed by atoms with Gasteiger partial charge in [-0.3, -0.25) is 0 Å². The summed E-state index contributed by atoms with van der Waals surface area (Å²) in [6.45, 7) is 1.99. The molecule has 0 spiro atoms. The number of rotatable bonds is 6. The number of nitrogens with zero attached hydrogens (tertiary/aromatic N) is 7. The van der Waals surface area contributed by atoms with E-state index in [-0.39, 0.29) is 6.10 Å². The van der Waals surface area contributed by atoms with Crippen LogP contribution in [0.4, 0.5) is 11.5 Å². The van der Waals surface area contributed by atoms with Crippen molar-refractivity contribution in [3.63, 3.8) is 0 Å². The SMILES string of the molecule is Cc1cc(Nc2ncnc3cnc(OC4CC5CCC(C4)N5)nc23)ccc1Oc1ccn2ncnc2c1. The van der Waals surface area contributed by atoms with Crippen LogP contribution in [0.2, 0.25) is 0 Å². The Morgan fingerprint density at radius 2 is 1.89 bits per heavy atom. The van der Waals surface area contributed by atoms with Gasteiger partial charge in [-0.15, -0.1) is 0 Å². The minimum absolute atomic E-state index is 0.123. The van der Waals surface area contributed by atoms with E-state index in [2.05, 4.69) is 40.7 Å². The summed E-state index contributed by atoms with van der Waals surface area (Å²) in [6, 6.07) is 11.0. The molecule has 2 unspecified atom stereocenters. The van der Waals surface area contributed by atoms with Gasteiger partial charge in [-0.1, -0.05) is 0 Å². The first-order valence-electron chi connectivity index (χ1n) is 12.4. The number of piperidine rings is 1. The molecule has 4 aromatic heterocycles. The number of aryl methyl sites for hydroxylation is 1. The molecule has 2 aliphatic rings. The summed E-state index contributed by atoms with van der Waals surface area (Å²) in [5.74, 6) is 2.03. The Bertz CT molecular complexity index is 1590. The summed E-state index contributed by atoms with van der Waals surface area (Å²) < 4.78 is 14.0. The third-order valence-electron chi connectivity index (χ3n) is 6.97. The van der Waals surface area contributed by atoms with Gasteiger partial charge in [-0.25, -0.2) is 24.5 Å². The summed E-state index contributed by atoms with van der Waals surface area (Å²) in [6.07, 6.45) is 11.0. The maximum Gasteiger partial charge on any atom is 0.317 e. The minimum Gasteiger partial charge on any atom is -0.460 e. The van der Waals surface area contributed by atoms with E-state index in [1.54, 1.807) is 10.7 Å². The normalized spacial score (nSPS) is 20.8. The van der Waals surface area contributed by atoms with E-state index in [1.165, 1.54) is 25.5 Å². The van der Waals surface area contributed by atoms with Crippen molar-refractivity contribution in [2.24, 2.45) is 0 Å². The lowest BCUT2D eigenvalue weighted by atomic mass is 10.0. The van der Waals surface area contributed by atoms with E-state index in [4.69, 9.17) is 9.47 Å². The zero-order valence-electron chi connectivity index (χ0n) is 20.2. The van der Waals surface area contributed by atoms with E-state index < -0.39 is 0 Å². The molecule has 5 aromatic rings. The van der Waals surface area contributed by atoms with Crippen LogP contribution in [0.25, 0.3) is 16.7 Å². The van der Waals surface area contributed by atoms with Crippen molar-refractivity contribution in [2.75, 3.05) is 5.32 Å². The third kappa shape index (κ3) is 4.38. The lowest BCUT2D eigenvalue weighted by molar-refractivity contribution is 0.126. The molecule has 11 heteroatoms. The zero-order chi connectivity index (χ0) is 24.8. The Morgan fingerprint density at radius 1 is 1.00 bits per heavy atom. The Morgan fingerprint density at radius 3 is 2.76 bits per heavy atom. The molecule has 186 valence electrons. The smallest absolute Gasteiger partial charge is 0.317 e. The van der Waals surface area contributed by atoms with Crippen LogP contribution in [0.3, 0.4) is 0 Å². The number of fused-ring (bicyclic) bond motifs is 4. The molecule has 2 bridgehead atoms. The van der Waals surface area contributed by atoms with Gasteiger partial charge in [0.15, 0.2) is 11.5 Å². The van der Waals surface area contributed by atoms with E-state index in [0.717, 1.165) is 35.5 Å². The summed E-state index contributed by atoms with van der Waals surface area (Å²) >= 11 is 0. The maximum absolute atomic E-state index is 6.19. The number of nitrogens with one attached hydrogen (secondary N) is 2. The molecule has 2 fully saturated rings. The standard InChI is InChI=1S/C26H25N9O2/c1-15-8-16(4-5-22(15)36-19-6-7-35-23(11-19)29-14-31-35)33-25-24-21(28-13-30-25)12-27-26(34-24)37-20-9-17-2-3-18(10-20)32-17/h4-8,11-14,17-18,20,32H,2-3,9-10H2,1H3,(H,28,30,33). The quantitative estimate of drug-likeness (QED) is 0.357. The van der Waals surface area contributed by atoms with Crippen molar-refractivity contribution in [1.82, 2.24) is 39.9 Å². The highest BCUT2D eigenvalue weighted by molar-refractivity contribution is 5.86. The number of hydrogen-bond acceptors (Lipinski definition) is 10. The monoisotopic (exact) mass is 495 g/mol. The van der Waals surface area contributed by atoms with Gasteiger partial charge in [0.2, 0.25) is 0 Å². The van der Waals surface area contributed by atoms with Gasteiger partial charge in [0.05, 0.1) is 6.20 Å². The van der Waals surface area contributed by atoms with Crippen LogP contribution in [0.5, 0.6) is 17.5 Å². The van der Waals surface area contributed by atoms with Crippen LogP contribution in [0.1, 0.15) is 31.2 Å². The fourth-order valence-corrected chi connectivity index (χ4v) is 5.20. The van der Waals surface area contributed by atoms with E-state index in [9.17, 15) is 0 Å². The Labute approximate surface area is 212 Å². The molecule has 0 saturated carbocycles. The molecule has 2 atom stereocenters. The largest absolute Gasteiger partial charge is 0.460 e. The first-order valence-corrected chi connectivity index (χ1v) is 12.4. The highest BCUT2D eigenvalue weighted by atomic mass is 16.5. The molecule has 11 nitrogen and oxygen atoms in total. The fraction of sp³-hybridized carbons (Fsp3) is 0.308. The number of aromatic nitrogens is 7. The summed E-state index contributed by atoms with van der Waals surface area (Å²) in [5, 5.41) is 11.1. The first kappa shape index (κ1) is 21.9. The van der Waals surface area contributed by atoms with E-state index in [0.29, 0.717) is 40.7 Å². The van der Waals surface area contributed by atoms with Crippen molar-refractivity contribution in [1.29, 1.82) is 0 Å². The Hall–Kier alpha value is -4.38. The van der Waals surface area contributed by atoms with Gasteiger partial charge in [-0.2, -0.15) is 10.1 Å². The fourth-order valence-electron chi connectivity index (χ4n) is 5.20. The number of anilines is 2. The lowest BCUT2D eigenvalue weighted by Gasteiger charge is -2.28. The molecular weight excluding hydrogens is 470 g/mol. The molecule has 2 aliphatic heterocycles. The predicted octanol–water partition coefficient (Wildman–Crippen LogP) is 3.97. The lowest BCUT2D eigenvalue weighted by Crippen LogP contribution is -2.42. The van der Waals surface area contributed by atoms with Crippen LogP contribution in [-0.2, 0) is 0 Å². The first-order chi connectivity index (χ1) is 18.2. The average molecular weight is 496 g/mol. The van der Waals surface area contributed by atoms with Gasteiger partial charge >= 0.3 is 6.01 Å². The van der Waals surface area contributed by atoms with Gasteiger partial charge in [-0.05, 0) is 62.4 Å². The Balaban J connectivity index is 1.10. The number of ether oxygens (including phenoxy) is 2. The van der Waals surface area contributed by atoms with E-state index in [1.807, 2.05) is 43.5 Å². The van der Waals surface area contributed by atoms with Gasteiger partial charge in [0, 0.05) is 30.0 Å². The van der Waals surface area contributed by atoms with Crippen molar-refractivity contribution >= 4 is 28.2 Å². The summed E-state index contributed by atoms with van der Waals surface area (Å²) in [4.78, 5) is 22.1. The third-order valence-corrected chi connectivity index (χ3v) is 6.97. The number of pyridine rings is 1. The summed E-state index contributed by atoms with van der Waals surface area (Å²) in [7, 11) is 0. The second kappa shape index (κ2) is 8.93. The highest BCUT2D eigenvalue weighted by Gasteiger charge is 2.34. The summed E-state index contributed by atoms with van der Waals surface area (Å²) in [5.41, 5.74) is 3.80. The molecular formula is C26H25N9O2. The highest BCUT2D eigenvalue weighted by Crippen LogP contribution is 2.31. The van der Waals surface area contributed by atoms with Crippen LogP contribution in [-0.4, -0.2) is 52.7 Å². The van der Waals surface area contributed by atoms with Crippen molar-refractivity contribution in [3.05, 3.63) is 60.9 Å². The number of hydrogen-bond donors (Lipinski definition) is 2. The topological polar surface area (TPSA) is 124 Å². The molecule has 0 radical (unpaired) electrons. The number of benzene rings is 1. The molecule has 7 rings (SSSR count). The molecule has 1 aromatic carbocycles. The van der Waals surface area contributed by atoms with Crippen molar-refractivity contribution in [3.8, 4) is 17.5 Å². The molecule has 6 heterocycles. The minimum atomic E-state index is 0.123. The van der Waals surface area contributed by atoms with Crippen LogP contribution in [0, 0.1) is 6.92 Å². The van der Waals surface area contributed by atoms with Crippen LogP contribution < -0.4 is 20.1 Å². The molecule has 0 aliphatic carbocycles. The van der Waals surface area contributed by atoms with Crippen molar-refractivity contribution in [2.45, 2.75) is 50.8 Å². The van der Waals surface area contributed by atoms with Gasteiger partial charge < -0.3 is 20.1 Å².